The second-order valence-corrected chi connectivity index (χ2v) is 5.35. The van der Waals surface area contributed by atoms with Gasteiger partial charge in [-0.05, 0) is 20.9 Å². The molecule has 2 heterocycles. The monoisotopic (exact) mass is 298 g/mol. The van der Waals surface area contributed by atoms with Crippen LogP contribution in [0.1, 0.15) is 18.3 Å². The molecule has 6 nitrogen and oxygen atoms in total. The van der Waals surface area contributed by atoms with Crippen LogP contribution in [0.15, 0.2) is 39.4 Å². The molecule has 0 bridgehead atoms. The third kappa shape index (κ3) is 3.07. The fraction of sp³-hybridized carbons (Fsp3) is 0.312. The molecule has 22 heavy (non-hydrogen) atoms. The number of nitrogens with one attached hydrogen (secondary N) is 1. The van der Waals surface area contributed by atoms with Crippen molar-refractivity contribution in [3.05, 3.63) is 41.7 Å². The summed E-state index contributed by atoms with van der Waals surface area (Å²) in [6.45, 7) is 4.10. The second-order valence-electron chi connectivity index (χ2n) is 5.35. The van der Waals surface area contributed by atoms with Crippen molar-refractivity contribution in [1.29, 1.82) is 0 Å². The Labute approximate surface area is 128 Å². The molecular weight excluding hydrogens is 280 g/mol. The molecule has 0 spiro atoms. The lowest BCUT2D eigenvalue weighted by Crippen LogP contribution is -2.24. The molecule has 2 aromatic heterocycles. The number of rotatable bonds is 5. The molecule has 0 saturated carbocycles. The number of hydrogen-bond donors (Lipinski definition) is 1. The zero-order valence-electron chi connectivity index (χ0n) is 12.8. The maximum absolute atomic E-state index is 5.32. The summed E-state index contributed by atoms with van der Waals surface area (Å²) in [5.41, 5.74) is 2.94. The van der Waals surface area contributed by atoms with E-state index in [1.807, 2.05) is 44.3 Å². The van der Waals surface area contributed by atoms with E-state index in [0.29, 0.717) is 23.9 Å². The number of hydrogen-bond acceptors (Lipinski definition) is 6. The molecule has 0 fully saturated rings. The lowest BCUT2D eigenvalue weighted by Gasteiger charge is -2.04. The third-order valence-electron chi connectivity index (χ3n) is 3.52. The van der Waals surface area contributed by atoms with Gasteiger partial charge in [0.05, 0.1) is 0 Å². The Morgan fingerprint density at radius 2 is 1.91 bits per heavy atom. The van der Waals surface area contributed by atoms with Crippen molar-refractivity contribution < 1.29 is 9.05 Å². The van der Waals surface area contributed by atoms with Crippen molar-refractivity contribution in [2.24, 2.45) is 0 Å². The molecule has 1 N–H and O–H groups in total. The van der Waals surface area contributed by atoms with Gasteiger partial charge in [-0.3, -0.25) is 0 Å². The largest absolute Gasteiger partial charge is 0.350 e. The van der Waals surface area contributed by atoms with E-state index in [1.165, 1.54) is 5.56 Å². The van der Waals surface area contributed by atoms with E-state index >= 15 is 0 Å². The minimum absolute atomic E-state index is 0.281. The van der Waals surface area contributed by atoms with E-state index in [1.54, 1.807) is 0 Å². The van der Waals surface area contributed by atoms with Crippen LogP contribution in [-0.2, 0) is 6.42 Å². The quantitative estimate of drug-likeness (QED) is 0.780. The maximum Gasteiger partial charge on any atom is 0.296 e. The molecule has 3 rings (SSSR count). The van der Waals surface area contributed by atoms with Gasteiger partial charge in [-0.25, -0.2) is 0 Å². The molecule has 0 radical (unpaired) electrons. The minimum atomic E-state index is 0.281. The van der Waals surface area contributed by atoms with Crippen LogP contribution in [0.3, 0.4) is 0 Å². The molecular formula is C16H18N4O2. The van der Waals surface area contributed by atoms with Crippen molar-refractivity contribution in [2.45, 2.75) is 26.3 Å². The van der Waals surface area contributed by atoms with Crippen LogP contribution in [0.4, 0.5) is 0 Å². The van der Waals surface area contributed by atoms with Crippen LogP contribution < -0.4 is 5.32 Å². The van der Waals surface area contributed by atoms with Crippen LogP contribution in [0.25, 0.3) is 22.9 Å². The van der Waals surface area contributed by atoms with Crippen molar-refractivity contribution in [2.75, 3.05) is 7.05 Å². The second kappa shape index (κ2) is 6.11. The summed E-state index contributed by atoms with van der Waals surface area (Å²) in [6, 6.07) is 10.2. The van der Waals surface area contributed by atoms with Crippen molar-refractivity contribution in [3.63, 3.8) is 0 Å². The van der Waals surface area contributed by atoms with Crippen molar-refractivity contribution in [1.82, 2.24) is 20.6 Å². The first kappa shape index (κ1) is 14.5. The highest BCUT2D eigenvalue weighted by Crippen LogP contribution is 2.25. The number of likely N-dealkylation sites (N-methyl/N-ethyl adjacent to an activating group) is 1. The van der Waals surface area contributed by atoms with Gasteiger partial charge in [0.2, 0.25) is 5.76 Å². The average Bonchev–Trinajstić information content (AvgIpc) is 3.17. The van der Waals surface area contributed by atoms with E-state index < -0.39 is 0 Å². The molecule has 6 heteroatoms. The van der Waals surface area contributed by atoms with Gasteiger partial charge >= 0.3 is 0 Å². The van der Waals surface area contributed by atoms with Gasteiger partial charge in [0.1, 0.15) is 5.69 Å². The van der Waals surface area contributed by atoms with E-state index in [-0.39, 0.29) is 6.04 Å². The van der Waals surface area contributed by atoms with Gasteiger partial charge in [-0.15, -0.1) is 0 Å². The Kier molecular flexibility index (Phi) is 4.02. The van der Waals surface area contributed by atoms with Gasteiger partial charge in [0.15, 0.2) is 5.82 Å². The number of benzene rings is 1. The molecule has 0 aliphatic heterocycles. The highest BCUT2D eigenvalue weighted by Gasteiger charge is 2.16. The molecule has 0 amide bonds. The normalized spacial score (nSPS) is 12.5. The minimum Gasteiger partial charge on any atom is -0.350 e. The Balaban J connectivity index is 1.80. The first-order chi connectivity index (χ1) is 10.7. The fourth-order valence-corrected chi connectivity index (χ4v) is 2.05. The average molecular weight is 298 g/mol. The van der Waals surface area contributed by atoms with Gasteiger partial charge in [0.25, 0.3) is 5.89 Å². The Morgan fingerprint density at radius 3 is 2.64 bits per heavy atom. The molecule has 3 aromatic rings. The zero-order valence-corrected chi connectivity index (χ0v) is 12.8. The van der Waals surface area contributed by atoms with Crippen molar-refractivity contribution in [3.8, 4) is 22.9 Å². The molecule has 0 saturated heterocycles. The lowest BCUT2D eigenvalue weighted by atomic mass is 10.1. The Hall–Kier alpha value is -2.47. The molecule has 1 unspecified atom stereocenters. The summed E-state index contributed by atoms with van der Waals surface area (Å²) < 4.78 is 10.6. The van der Waals surface area contributed by atoms with Crippen LogP contribution >= 0.6 is 0 Å². The van der Waals surface area contributed by atoms with Crippen LogP contribution in [0.2, 0.25) is 0 Å². The molecule has 0 aliphatic rings. The van der Waals surface area contributed by atoms with E-state index in [9.17, 15) is 0 Å². The Morgan fingerprint density at radius 1 is 1.14 bits per heavy atom. The summed E-state index contributed by atoms with van der Waals surface area (Å²) in [5.74, 6) is 1.47. The van der Waals surface area contributed by atoms with Crippen LogP contribution in [0.5, 0.6) is 0 Å². The molecule has 1 aromatic carbocycles. The first-order valence-electron chi connectivity index (χ1n) is 7.19. The summed E-state index contributed by atoms with van der Waals surface area (Å²) in [6.07, 6.45) is 0.693. The fourth-order valence-electron chi connectivity index (χ4n) is 2.05. The lowest BCUT2D eigenvalue weighted by molar-refractivity contribution is 0.381. The maximum atomic E-state index is 5.32. The summed E-state index contributed by atoms with van der Waals surface area (Å²) in [5, 5.41) is 11.2. The zero-order chi connectivity index (χ0) is 15.5. The van der Waals surface area contributed by atoms with Gasteiger partial charge in [0, 0.05) is 24.1 Å². The number of aromatic nitrogens is 3. The topological polar surface area (TPSA) is 77.0 Å². The summed E-state index contributed by atoms with van der Waals surface area (Å²) in [7, 11) is 1.90. The molecule has 1 atom stereocenters. The van der Waals surface area contributed by atoms with Crippen LogP contribution in [-0.4, -0.2) is 28.4 Å². The number of aryl methyl sites for hydroxylation is 1. The third-order valence-corrected chi connectivity index (χ3v) is 3.52. The molecule has 0 aliphatic carbocycles. The SMILES string of the molecule is CNC(C)Cc1noc(-c2cc(-c3ccc(C)cc3)no2)n1. The van der Waals surface area contributed by atoms with E-state index in [0.717, 1.165) is 11.3 Å². The van der Waals surface area contributed by atoms with Gasteiger partial charge in [-0.2, -0.15) is 4.98 Å². The van der Waals surface area contributed by atoms with Crippen molar-refractivity contribution >= 4 is 0 Å². The standard InChI is InChI=1S/C16H18N4O2/c1-10-4-6-12(7-5-10)13-9-14(21-19-13)16-18-15(20-22-16)8-11(2)17-3/h4-7,9,11,17H,8H2,1-3H3. The predicted octanol–water partition coefficient (Wildman–Crippen LogP) is 2.85. The van der Waals surface area contributed by atoms with Gasteiger partial charge in [-0.1, -0.05) is 40.1 Å². The highest BCUT2D eigenvalue weighted by atomic mass is 16.5. The summed E-state index contributed by atoms with van der Waals surface area (Å²) >= 11 is 0. The highest BCUT2D eigenvalue weighted by molar-refractivity contribution is 5.63. The Bertz CT molecular complexity index is 746. The smallest absolute Gasteiger partial charge is 0.296 e. The molecule has 114 valence electrons. The predicted molar refractivity (Wildman–Crippen MR) is 82.2 cm³/mol. The van der Waals surface area contributed by atoms with Gasteiger partial charge < -0.3 is 14.4 Å². The van der Waals surface area contributed by atoms with E-state index in [4.69, 9.17) is 9.05 Å². The van der Waals surface area contributed by atoms with E-state index in [2.05, 4.69) is 27.5 Å². The summed E-state index contributed by atoms with van der Waals surface area (Å²) in [4.78, 5) is 4.34. The number of nitrogens with zero attached hydrogens (tertiary/aromatic N) is 3. The first-order valence-corrected chi connectivity index (χ1v) is 7.19. The van der Waals surface area contributed by atoms with Crippen LogP contribution in [0, 0.1) is 6.92 Å².